The van der Waals surface area contributed by atoms with Gasteiger partial charge >= 0.3 is 0 Å². The topological polar surface area (TPSA) is 38.7 Å². The molecule has 110 valence electrons. The number of fused-ring (bicyclic) bond motifs is 1. The van der Waals surface area contributed by atoms with Gasteiger partial charge < -0.3 is 14.6 Å². The van der Waals surface area contributed by atoms with Gasteiger partial charge in [-0.25, -0.2) is 0 Å². The van der Waals surface area contributed by atoms with E-state index in [0.29, 0.717) is 13.0 Å². The Bertz CT molecular complexity index is 636. The number of hydrogen-bond acceptors (Lipinski definition) is 3. The summed E-state index contributed by atoms with van der Waals surface area (Å²) in [6.07, 6.45) is -0.0727. The molecule has 0 aliphatic carbocycles. The zero-order valence-corrected chi connectivity index (χ0v) is 12.4. The van der Waals surface area contributed by atoms with Crippen LogP contribution in [-0.2, 0) is 0 Å². The quantitative estimate of drug-likeness (QED) is 0.927. The molecule has 3 rings (SSSR count). The lowest BCUT2D eigenvalue weighted by Crippen LogP contribution is -2.19. The molecule has 2 atom stereocenters. The van der Waals surface area contributed by atoms with Crippen LogP contribution in [0.2, 0.25) is 0 Å². The molecule has 0 spiro atoms. The number of rotatable bonds is 3. The standard InChI is InChI=1S/C18H20O3/c1-3-20-14-6-4-5-13(10-14)18-11-16(19)15-9-12(2)7-8-17(15)21-18/h4-10,16,18-19H,3,11H2,1-2H3/t16-,18?/m1/s1. The summed E-state index contributed by atoms with van der Waals surface area (Å²) < 4.78 is 11.6. The maximum absolute atomic E-state index is 10.4. The molecule has 2 aromatic rings. The Labute approximate surface area is 125 Å². The van der Waals surface area contributed by atoms with Crippen LogP contribution < -0.4 is 9.47 Å². The van der Waals surface area contributed by atoms with Crippen molar-refractivity contribution in [2.45, 2.75) is 32.5 Å². The summed E-state index contributed by atoms with van der Waals surface area (Å²) in [6, 6.07) is 13.8. The van der Waals surface area contributed by atoms with Crippen LogP contribution in [0.3, 0.4) is 0 Å². The van der Waals surface area contributed by atoms with Crippen LogP contribution in [0, 0.1) is 6.92 Å². The van der Waals surface area contributed by atoms with Crippen molar-refractivity contribution in [3.05, 3.63) is 59.2 Å². The van der Waals surface area contributed by atoms with E-state index in [1.165, 1.54) is 0 Å². The lowest BCUT2D eigenvalue weighted by atomic mass is 9.94. The number of aryl methyl sites for hydroxylation is 1. The van der Waals surface area contributed by atoms with Gasteiger partial charge in [-0.3, -0.25) is 0 Å². The first-order chi connectivity index (χ1) is 10.2. The van der Waals surface area contributed by atoms with E-state index < -0.39 is 6.10 Å². The van der Waals surface area contributed by atoms with Gasteiger partial charge in [0.05, 0.1) is 12.7 Å². The summed E-state index contributed by atoms with van der Waals surface area (Å²) in [5, 5.41) is 10.4. The van der Waals surface area contributed by atoms with E-state index in [1.807, 2.05) is 56.3 Å². The van der Waals surface area contributed by atoms with E-state index >= 15 is 0 Å². The maximum atomic E-state index is 10.4. The van der Waals surface area contributed by atoms with Gasteiger partial charge in [0.2, 0.25) is 0 Å². The predicted molar refractivity (Wildman–Crippen MR) is 81.7 cm³/mol. The Kier molecular flexibility index (Phi) is 3.84. The Balaban J connectivity index is 1.88. The van der Waals surface area contributed by atoms with Crippen LogP contribution in [0.4, 0.5) is 0 Å². The van der Waals surface area contributed by atoms with E-state index in [0.717, 1.165) is 28.2 Å². The van der Waals surface area contributed by atoms with Gasteiger partial charge in [0.1, 0.15) is 17.6 Å². The number of hydrogen-bond donors (Lipinski definition) is 1. The molecule has 0 aromatic heterocycles. The average molecular weight is 284 g/mol. The Morgan fingerprint density at radius 3 is 2.90 bits per heavy atom. The van der Waals surface area contributed by atoms with Crippen molar-refractivity contribution in [1.29, 1.82) is 0 Å². The number of ether oxygens (including phenoxy) is 2. The molecule has 1 aliphatic rings. The average Bonchev–Trinajstić information content (AvgIpc) is 2.48. The third kappa shape index (κ3) is 2.88. The summed E-state index contributed by atoms with van der Waals surface area (Å²) in [5.74, 6) is 1.61. The molecule has 0 saturated carbocycles. The van der Waals surface area contributed by atoms with Crippen molar-refractivity contribution in [3.63, 3.8) is 0 Å². The highest BCUT2D eigenvalue weighted by Crippen LogP contribution is 2.41. The van der Waals surface area contributed by atoms with Gasteiger partial charge in [-0.15, -0.1) is 0 Å². The van der Waals surface area contributed by atoms with Crippen molar-refractivity contribution in [2.24, 2.45) is 0 Å². The van der Waals surface area contributed by atoms with Crippen molar-refractivity contribution < 1.29 is 14.6 Å². The minimum absolute atomic E-state index is 0.143. The molecule has 0 bridgehead atoms. The highest BCUT2D eigenvalue weighted by atomic mass is 16.5. The SMILES string of the molecule is CCOc1cccc(C2C[C@@H](O)c3cc(C)ccc3O2)c1. The largest absolute Gasteiger partial charge is 0.494 e. The molecule has 1 heterocycles. The normalized spacial score (nSPS) is 20.5. The summed E-state index contributed by atoms with van der Waals surface area (Å²) in [5.41, 5.74) is 3.05. The van der Waals surface area contributed by atoms with E-state index in [9.17, 15) is 5.11 Å². The molecule has 21 heavy (non-hydrogen) atoms. The van der Waals surface area contributed by atoms with E-state index in [2.05, 4.69) is 0 Å². The Hall–Kier alpha value is -2.00. The summed E-state index contributed by atoms with van der Waals surface area (Å²) in [6.45, 7) is 4.62. The molecule has 0 amide bonds. The van der Waals surface area contributed by atoms with Crippen LogP contribution in [-0.4, -0.2) is 11.7 Å². The van der Waals surface area contributed by atoms with Crippen LogP contribution in [0.15, 0.2) is 42.5 Å². The number of benzene rings is 2. The van der Waals surface area contributed by atoms with Crippen LogP contribution in [0.5, 0.6) is 11.5 Å². The fourth-order valence-electron chi connectivity index (χ4n) is 2.74. The van der Waals surface area contributed by atoms with Crippen LogP contribution in [0.25, 0.3) is 0 Å². The van der Waals surface area contributed by atoms with E-state index in [4.69, 9.17) is 9.47 Å². The molecule has 1 unspecified atom stereocenters. The molecule has 3 nitrogen and oxygen atoms in total. The second kappa shape index (κ2) is 5.78. The maximum Gasteiger partial charge on any atom is 0.127 e. The highest BCUT2D eigenvalue weighted by molar-refractivity contribution is 5.41. The highest BCUT2D eigenvalue weighted by Gasteiger charge is 2.28. The van der Waals surface area contributed by atoms with Gasteiger partial charge in [-0.2, -0.15) is 0 Å². The Morgan fingerprint density at radius 2 is 2.10 bits per heavy atom. The monoisotopic (exact) mass is 284 g/mol. The van der Waals surface area contributed by atoms with Crippen molar-refractivity contribution in [2.75, 3.05) is 6.61 Å². The first-order valence-electron chi connectivity index (χ1n) is 7.35. The van der Waals surface area contributed by atoms with Gasteiger partial charge in [-0.05, 0) is 43.7 Å². The molecular formula is C18H20O3. The second-order valence-electron chi connectivity index (χ2n) is 5.40. The first kappa shape index (κ1) is 14.0. The summed E-state index contributed by atoms with van der Waals surface area (Å²) in [4.78, 5) is 0. The molecule has 3 heteroatoms. The van der Waals surface area contributed by atoms with Gasteiger partial charge in [-0.1, -0.05) is 23.8 Å². The van der Waals surface area contributed by atoms with Crippen molar-refractivity contribution >= 4 is 0 Å². The molecule has 0 radical (unpaired) electrons. The minimum atomic E-state index is -0.491. The molecular weight excluding hydrogens is 264 g/mol. The van der Waals surface area contributed by atoms with Crippen molar-refractivity contribution in [1.82, 2.24) is 0 Å². The molecule has 1 N–H and O–H groups in total. The molecule has 2 aromatic carbocycles. The Morgan fingerprint density at radius 1 is 1.24 bits per heavy atom. The van der Waals surface area contributed by atoms with Gasteiger partial charge in [0, 0.05) is 12.0 Å². The fourth-order valence-corrected chi connectivity index (χ4v) is 2.74. The third-order valence-corrected chi connectivity index (χ3v) is 3.77. The first-order valence-corrected chi connectivity index (χ1v) is 7.35. The molecule has 1 aliphatic heterocycles. The van der Waals surface area contributed by atoms with Crippen LogP contribution in [0.1, 0.15) is 42.2 Å². The van der Waals surface area contributed by atoms with Gasteiger partial charge in [0.25, 0.3) is 0 Å². The zero-order valence-electron chi connectivity index (χ0n) is 12.4. The second-order valence-corrected chi connectivity index (χ2v) is 5.40. The fraction of sp³-hybridized carbons (Fsp3) is 0.333. The van der Waals surface area contributed by atoms with Crippen LogP contribution >= 0.6 is 0 Å². The van der Waals surface area contributed by atoms with Gasteiger partial charge in [0.15, 0.2) is 0 Å². The smallest absolute Gasteiger partial charge is 0.127 e. The van der Waals surface area contributed by atoms with Crippen molar-refractivity contribution in [3.8, 4) is 11.5 Å². The lowest BCUT2D eigenvalue weighted by molar-refractivity contribution is 0.0655. The van der Waals surface area contributed by atoms with E-state index in [-0.39, 0.29) is 6.10 Å². The minimum Gasteiger partial charge on any atom is -0.494 e. The molecule has 0 fully saturated rings. The number of aliphatic hydroxyl groups excluding tert-OH is 1. The third-order valence-electron chi connectivity index (χ3n) is 3.77. The summed E-state index contributed by atoms with van der Waals surface area (Å²) >= 11 is 0. The lowest BCUT2D eigenvalue weighted by Gasteiger charge is -2.30. The zero-order chi connectivity index (χ0) is 14.8. The summed E-state index contributed by atoms with van der Waals surface area (Å²) in [7, 11) is 0. The molecule has 0 saturated heterocycles. The van der Waals surface area contributed by atoms with E-state index in [1.54, 1.807) is 0 Å². The number of aliphatic hydroxyl groups is 1. The predicted octanol–water partition coefficient (Wildman–Crippen LogP) is 3.95.